The van der Waals surface area contributed by atoms with E-state index in [1.807, 2.05) is 0 Å². The Labute approximate surface area is 365 Å². The molecule has 10 heteroatoms. The van der Waals surface area contributed by atoms with Crippen molar-refractivity contribution in [2.45, 2.75) is 277 Å². The van der Waals surface area contributed by atoms with Crippen LogP contribution in [0.15, 0.2) is 0 Å². The normalized spacial score (nSPS) is 13.1. The summed E-state index contributed by atoms with van der Waals surface area (Å²) in [5, 5.41) is 0. The number of ether oxygens (including phenoxy) is 2. The first-order valence-electron chi connectivity index (χ1n) is 25.5. The summed E-state index contributed by atoms with van der Waals surface area (Å²) in [5.41, 5.74) is 5.37. The average Bonchev–Trinajstić information content (AvgIpc) is 3.22. The number of hydrogen-bond acceptors (Lipinski definition) is 8. The number of hydrogen-bond donors (Lipinski definition) is 2. The summed E-state index contributed by atoms with van der Waals surface area (Å²) < 4.78 is 32.9. The van der Waals surface area contributed by atoms with Crippen LogP contribution in [0.4, 0.5) is 0 Å². The summed E-state index contributed by atoms with van der Waals surface area (Å²) >= 11 is 0. The van der Waals surface area contributed by atoms with Crippen LogP contribution >= 0.6 is 7.82 Å². The number of carbonyl (C=O) groups excluding carboxylic acids is 2. The molecule has 0 rings (SSSR count). The zero-order chi connectivity index (χ0) is 43.2. The molecule has 0 aliphatic rings. The molecule has 0 aliphatic heterocycles. The van der Waals surface area contributed by atoms with E-state index in [0.29, 0.717) is 6.42 Å². The summed E-state index contributed by atoms with van der Waals surface area (Å²) in [6.45, 7) is 3.80. The van der Waals surface area contributed by atoms with Crippen LogP contribution in [0.5, 0.6) is 0 Å². The van der Waals surface area contributed by atoms with E-state index in [4.69, 9.17) is 24.3 Å². The first kappa shape index (κ1) is 58.0. The molecule has 0 aromatic rings. The van der Waals surface area contributed by atoms with Crippen molar-refractivity contribution in [1.29, 1.82) is 0 Å². The van der Waals surface area contributed by atoms with E-state index in [2.05, 4.69) is 13.8 Å². The van der Waals surface area contributed by atoms with Crippen LogP contribution in [0.1, 0.15) is 271 Å². The Hall–Kier alpha value is -0.990. The molecule has 0 amide bonds. The molecule has 0 spiro atoms. The van der Waals surface area contributed by atoms with Crippen LogP contribution in [0.2, 0.25) is 0 Å². The predicted molar refractivity (Wildman–Crippen MR) is 248 cm³/mol. The molecular formula is C49H98NO8P. The summed E-state index contributed by atoms with van der Waals surface area (Å²) in [7, 11) is -4.37. The first-order valence-corrected chi connectivity index (χ1v) is 27.0. The van der Waals surface area contributed by atoms with Crippen LogP contribution in [-0.2, 0) is 32.7 Å². The van der Waals surface area contributed by atoms with Crippen molar-refractivity contribution in [2.24, 2.45) is 5.73 Å². The summed E-state index contributed by atoms with van der Waals surface area (Å²) in [4.78, 5) is 35.0. The van der Waals surface area contributed by atoms with Crippen molar-refractivity contribution in [3.05, 3.63) is 0 Å². The quantitative estimate of drug-likeness (QED) is 0.0348. The number of carbonyl (C=O) groups is 2. The lowest BCUT2D eigenvalue weighted by Crippen LogP contribution is -2.29. The highest BCUT2D eigenvalue weighted by atomic mass is 31.2. The molecular weight excluding hydrogens is 762 g/mol. The first-order chi connectivity index (χ1) is 28.8. The molecule has 0 saturated heterocycles. The van der Waals surface area contributed by atoms with Crippen molar-refractivity contribution >= 4 is 19.8 Å². The Kier molecular flexibility index (Phi) is 45.7. The lowest BCUT2D eigenvalue weighted by atomic mass is 10.0. The molecule has 9 nitrogen and oxygen atoms in total. The van der Waals surface area contributed by atoms with Gasteiger partial charge in [-0.25, -0.2) is 4.57 Å². The van der Waals surface area contributed by atoms with Gasteiger partial charge in [0.25, 0.3) is 0 Å². The minimum atomic E-state index is -4.37. The van der Waals surface area contributed by atoms with E-state index < -0.39 is 26.5 Å². The molecule has 0 aromatic heterocycles. The largest absolute Gasteiger partial charge is 0.472 e. The summed E-state index contributed by atoms with van der Waals surface area (Å²) in [5.74, 6) is -0.806. The van der Waals surface area contributed by atoms with Gasteiger partial charge in [0.05, 0.1) is 13.2 Å². The lowest BCUT2D eigenvalue weighted by Gasteiger charge is -2.19. The number of phosphoric acid groups is 1. The van der Waals surface area contributed by atoms with Crippen molar-refractivity contribution in [2.75, 3.05) is 26.4 Å². The van der Waals surface area contributed by atoms with Gasteiger partial charge in [-0.3, -0.25) is 18.6 Å². The average molecular weight is 860 g/mol. The molecule has 0 fully saturated rings. The zero-order valence-corrected chi connectivity index (χ0v) is 39.9. The van der Waals surface area contributed by atoms with Gasteiger partial charge in [0.1, 0.15) is 6.61 Å². The second kappa shape index (κ2) is 46.5. The fourth-order valence-electron chi connectivity index (χ4n) is 7.70. The second-order valence-electron chi connectivity index (χ2n) is 17.4. The molecule has 0 heterocycles. The van der Waals surface area contributed by atoms with Gasteiger partial charge >= 0.3 is 19.8 Å². The number of unbranched alkanes of at least 4 members (excludes halogenated alkanes) is 36. The Bertz CT molecular complexity index is 938. The van der Waals surface area contributed by atoms with E-state index >= 15 is 0 Å². The number of nitrogens with two attached hydrogens (primary N) is 1. The molecule has 59 heavy (non-hydrogen) atoms. The van der Waals surface area contributed by atoms with Crippen molar-refractivity contribution in [1.82, 2.24) is 0 Å². The second-order valence-corrected chi connectivity index (χ2v) is 18.9. The molecule has 352 valence electrons. The number of rotatable bonds is 49. The Balaban J connectivity index is 3.99. The van der Waals surface area contributed by atoms with Gasteiger partial charge in [-0.05, 0) is 12.8 Å². The van der Waals surface area contributed by atoms with Crippen molar-refractivity contribution in [3.8, 4) is 0 Å². The molecule has 2 unspecified atom stereocenters. The van der Waals surface area contributed by atoms with Crippen LogP contribution in [0, 0.1) is 0 Å². The zero-order valence-electron chi connectivity index (χ0n) is 39.0. The molecule has 0 aromatic carbocycles. The van der Waals surface area contributed by atoms with Gasteiger partial charge in [-0.15, -0.1) is 0 Å². The number of esters is 2. The summed E-state index contributed by atoms with van der Waals surface area (Å²) in [6, 6.07) is 0. The Morgan fingerprint density at radius 3 is 1.03 bits per heavy atom. The van der Waals surface area contributed by atoms with E-state index in [9.17, 15) is 19.0 Å². The van der Waals surface area contributed by atoms with E-state index in [-0.39, 0.29) is 38.6 Å². The molecule has 0 radical (unpaired) electrons. The van der Waals surface area contributed by atoms with E-state index in [0.717, 1.165) is 32.1 Å². The molecule has 0 bridgehead atoms. The molecule has 2 atom stereocenters. The third-order valence-corrected chi connectivity index (χ3v) is 12.5. The van der Waals surface area contributed by atoms with Crippen LogP contribution < -0.4 is 5.73 Å². The molecule has 3 N–H and O–H groups in total. The summed E-state index contributed by atoms with van der Waals surface area (Å²) in [6.07, 6.45) is 48.5. The Morgan fingerprint density at radius 2 is 0.729 bits per heavy atom. The highest BCUT2D eigenvalue weighted by Gasteiger charge is 2.26. The minimum Gasteiger partial charge on any atom is -0.462 e. The predicted octanol–water partition coefficient (Wildman–Crippen LogP) is 15.2. The highest BCUT2D eigenvalue weighted by Crippen LogP contribution is 2.43. The highest BCUT2D eigenvalue weighted by molar-refractivity contribution is 7.47. The van der Waals surface area contributed by atoms with Gasteiger partial charge < -0.3 is 20.1 Å². The van der Waals surface area contributed by atoms with Gasteiger partial charge in [0.2, 0.25) is 0 Å². The van der Waals surface area contributed by atoms with E-state index in [1.165, 1.54) is 205 Å². The van der Waals surface area contributed by atoms with Crippen molar-refractivity contribution < 1.29 is 37.6 Å². The maximum atomic E-state index is 12.6. The molecule has 0 aliphatic carbocycles. The maximum Gasteiger partial charge on any atom is 0.472 e. The molecule has 0 saturated carbocycles. The monoisotopic (exact) mass is 860 g/mol. The van der Waals surface area contributed by atoms with Gasteiger partial charge in [-0.1, -0.05) is 245 Å². The number of phosphoric ester groups is 1. The smallest absolute Gasteiger partial charge is 0.462 e. The SMILES string of the molecule is CCCCCCCCCCCCCCCCCCCCCCCC(=O)OC(COC(=O)CCCCCCCCCCCCCCCCCCC)COP(=O)(O)OCCN. The van der Waals surface area contributed by atoms with Gasteiger partial charge in [0, 0.05) is 19.4 Å². The standard InChI is InChI=1S/C49H98NO8P/c1-3-5-7-9-11-13-15-17-19-21-22-23-24-26-28-30-32-34-36-38-40-42-49(52)58-47(46-57-59(53,54)56-44-43-50)45-55-48(51)41-39-37-35-33-31-29-27-25-20-18-16-14-12-10-8-6-4-2/h47H,3-46,50H2,1-2H3,(H,53,54). The third kappa shape index (κ3) is 46.3. The van der Waals surface area contributed by atoms with Crippen molar-refractivity contribution in [3.63, 3.8) is 0 Å². The fraction of sp³-hybridized carbons (Fsp3) is 0.959. The maximum absolute atomic E-state index is 12.6. The minimum absolute atomic E-state index is 0.0584. The van der Waals surface area contributed by atoms with Crippen LogP contribution in [-0.4, -0.2) is 49.3 Å². The van der Waals surface area contributed by atoms with E-state index in [1.54, 1.807) is 0 Å². The topological polar surface area (TPSA) is 134 Å². The Morgan fingerprint density at radius 1 is 0.441 bits per heavy atom. The fourth-order valence-corrected chi connectivity index (χ4v) is 8.46. The lowest BCUT2D eigenvalue weighted by molar-refractivity contribution is -0.161. The van der Waals surface area contributed by atoms with Gasteiger partial charge in [0.15, 0.2) is 6.10 Å². The van der Waals surface area contributed by atoms with Crippen LogP contribution in [0.25, 0.3) is 0 Å². The van der Waals surface area contributed by atoms with Crippen LogP contribution in [0.3, 0.4) is 0 Å². The van der Waals surface area contributed by atoms with Gasteiger partial charge in [-0.2, -0.15) is 0 Å². The third-order valence-electron chi connectivity index (χ3n) is 11.5.